The van der Waals surface area contributed by atoms with E-state index >= 15 is 0 Å². The highest BCUT2D eigenvalue weighted by Crippen LogP contribution is 2.81. The molecule has 5 fully saturated rings. The molecule has 6 heteroatoms. The van der Waals surface area contributed by atoms with Gasteiger partial charge in [0.25, 0.3) is 0 Å². The van der Waals surface area contributed by atoms with Crippen molar-refractivity contribution < 1.29 is 28.6 Å². The van der Waals surface area contributed by atoms with Crippen molar-refractivity contribution in [2.75, 3.05) is 13.7 Å². The standard InChI is InChI=1S/C32H44O6/c1-19(2)21-10-13-30(25(34)36-7)16-17-31-24(32(21,30)38-26(31)35)9-8-23-28(5)15-14-27(4,18-37-20(3)33)22(28)11-12-29(23,31)6/h14-15,21-24H,1,8-13,16-18H2,2-7H3/t21-,22-,23+,24-,27+,28-,29+,30+,31+,32-/m0/s1. The quantitative estimate of drug-likeness (QED) is 0.263. The fourth-order valence-electron chi connectivity index (χ4n) is 11.8. The van der Waals surface area contributed by atoms with E-state index in [1.54, 1.807) is 0 Å². The van der Waals surface area contributed by atoms with Gasteiger partial charge >= 0.3 is 17.9 Å². The van der Waals surface area contributed by atoms with Crippen LogP contribution in [0.1, 0.15) is 86.0 Å². The molecule has 1 heterocycles. The second kappa shape index (κ2) is 7.75. The van der Waals surface area contributed by atoms with Gasteiger partial charge in [-0.05, 0) is 81.0 Å². The molecule has 6 aliphatic rings. The summed E-state index contributed by atoms with van der Waals surface area (Å²) in [7, 11) is 1.47. The highest BCUT2D eigenvalue weighted by atomic mass is 16.6. The van der Waals surface area contributed by atoms with Crippen molar-refractivity contribution in [3.63, 3.8) is 0 Å². The van der Waals surface area contributed by atoms with Crippen LogP contribution in [0.15, 0.2) is 24.3 Å². The number of esters is 3. The van der Waals surface area contributed by atoms with Gasteiger partial charge in [-0.2, -0.15) is 0 Å². The van der Waals surface area contributed by atoms with E-state index in [1.807, 2.05) is 6.92 Å². The second-order valence-electron chi connectivity index (χ2n) is 14.3. The van der Waals surface area contributed by atoms with Crippen molar-refractivity contribution in [2.24, 2.45) is 50.7 Å². The van der Waals surface area contributed by atoms with Gasteiger partial charge in [0.05, 0.1) is 12.5 Å². The normalized spacial score (nSPS) is 51.8. The molecule has 0 radical (unpaired) electrons. The molecule has 0 N–H and O–H groups in total. The molecular formula is C32H44O6. The monoisotopic (exact) mass is 524 g/mol. The largest absolute Gasteiger partial charge is 0.468 e. The Hall–Kier alpha value is -2.11. The molecule has 1 aliphatic heterocycles. The van der Waals surface area contributed by atoms with Gasteiger partial charge in [0.2, 0.25) is 0 Å². The number of carbonyl (C=O) groups excluding carboxylic acids is 3. The zero-order chi connectivity index (χ0) is 27.5. The van der Waals surface area contributed by atoms with Crippen LogP contribution in [0.25, 0.3) is 0 Å². The number of hydrogen-bond acceptors (Lipinski definition) is 6. The molecule has 1 saturated heterocycles. The Morgan fingerprint density at radius 3 is 2.34 bits per heavy atom. The molecule has 6 rings (SSSR count). The molecule has 2 bridgehead atoms. The van der Waals surface area contributed by atoms with Crippen LogP contribution in [-0.4, -0.2) is 37.2 Å². The third kappa shape index (κ3) is 2.64. The number of fused-ring (bicyclic) bond motifs is 3. The maximum Gasteiger partial charge on any atom is 0.315 e. The van der Waals surface area contributed by atoms with E-state index in [0.717, 1.165) is 37.7 Å². The molecule has 208 valence electrons. The van der Waals surface area contributed by atoms with Crippen LogP contribution in [0.2, 0.25) is 0 Å². The summed E-state index contributed by atoms with van der Waals surface area (Å²) in [6.45, 7) is 15.2. The first kappa shape index (κ1) is 26.1. The molecule has 5 aliphatic carbocycles. The number of methoxy groups -OCH3 is 1. The average molecular weight is 525 g/mol. The highest BCUT2D eigenvalue weighted by Gasteiger charge is 2.86. The third-order valence-electron chi connectivity index (χ3n) is 13.2. The molecule has 10 atom stereocenters. The van der Waals surface area contributed by atoms with E-state index in [-0.39, 0.29) is 46.0 Å². The Bertz CT molecular complexity index is 1160. The van der Waals surface area contributed by atoms with Crippen molar-refractivity contribution in [3.05, 3.63) is 24.3 Å². The molecule has 0 aromatic carbocycles. The van der Waals surface area contributed by atoms with Crippen molar-refractivity contribution in [3.8, 4) is 0 Å². The highest BCUT2D eigenvalue weighted by molar-refractivity contribution is 5.88. The number of allylic oxidation sites excluding steroid dienone is 1. The predicted octanol–water partition coefficient (Wildman–Crippen LogP) is 5.80. The predicted molar refractivity (Wildman–Crippen MR) is 142 cm³/mol. The molecule has 0 aromatic rings. The number of rotatable bonds is 4. The van der Waals surface area contributed by atoms with Gasteiger partial charge in [-0.1, -0.05) is 45.1 Å². The first-order chi connectivity index (χ1) is 17.8. The summed E-state index contributed by atoms with van der Waals surface area (Å²) in [5, 5.41) is 0. The lowest BCUT2D eigenvalue weighted by Gasteiger charge is -2.67. The van der Waals surface area contributed by atoms with E-state index in [1.165, 1.54) is 14.0 Å². The van der Waals surface area contributed by atoms with Crippen molar-refractivity contribution in [1.29, 1.82) is 0 Å². The average Bonchev–Trinajstić information content (AvgIpc) is 3.41. The molecule has 4 saturated carbocycles. The maximum absolute atomic E-state index is 14.5. The number of hydrogen-bond donors (Lipinski definition) is 0. The summed E-state index contributed by atoms with van der Waals surface area (Å²) < 4.78 is 17.7. The van der Waals surface area contributed by atoms with E-state index in [9.17, 15) is 14.4 Å². The maximum atomic E-state index is 14.5. The van der Waals surface area contributed by atoms with Crippen molar-refractivity contribution in [1.82, 2.24) is 0 Å². The van der Waals surface area contributed by atoms with Crippen LogP contribution >= 0.6 is 0 Å². The van der Waals surface area contributed by atoms with Gasteiger partial charge in [-0.15, -0.1) is 0 Å². The topological polar surface area (TPSA) is 78.9 Å². The lowest BCUT2D eigenvalue weighted by atomic mass is 9.34. The molecule has 0 unspecified atom stereocenters. The summed E-state index contributed by atoms with van der Waals surface area (Å²) in [5.41, 5.74) is -1.81. The van der Waals surface area contributed by atoms with Crippen LogP contribution in [0.4, 0.5) is 0 Å². The summed E-state index contributed by atoms with van der Waals surface area (Å²) in [4.78, 5) is 39.7. The Morgan fingerprint density at radius 1 is 0.974 bits per heavy atom. The van der Waals surface area contributed by atoms with Crippen LogP contribution in [-0.2, 0) is 28.6 Å². The van der Waals surface area contributed by atoms with E-state index < -0.39 is 16.4 Å². The summed E-state index contributed by atoms with van der Waals surface area (Å²) in [6, 6.07) is 0. The molecule has 0 aromatic heterocycles. The van der Waals surface area contributed by atoms with Gasteiger partial charge in [-0.3, -0.25) is 14.4 Å². The van der Waals surface area contributed by atoms with E-state index in [2.05, 4.69) is 39.5 Å². The van der Waals surface area contributed by atoms with Crippen molar-refractivity contribution in [2.45, 2.75) is 91.6 Å². The molecule has 6 nitrogen and oxygen atoms in total. The summed E-state index contributed by atoms with van der Waals surface area (Å²) in [6.07, 6.45) is 11.2. The van der Waals surface area contributed by atoms with Crippen LogP contribution in [0.3, 0.4) is 0 Å². The Labute approximate surface area is 226 Å². The van der Waals surface area contributed by atoms with Gasteiger partial charge in [0, 0.05) is 24.2 Å². The molecular weight excluding hydrogens is 480 g/mol. The number of carbonyl (C=O) groups is 3. The van der Waals surface area contributed by atoms with Gasteiger partial charge in [-0.25, -0.2) is 0 Å². The van der Waals surface area contributed by atoms with E-state index in [4.69, 9.17) is 14.2 Å². The minimum atomic E-state index is -0.859. The minimum Gasteiger partial charge on any atom is -0.468 e. The zero-order valence-corrected chi connectivity index (χ0v) is 24.0. The first-order valence-corrected chi connectivity index (χ1v) is 14.6. The zero-order valence-electron chi connectivity index (χ0n) is 24.0. The lowest BCUT2D eigenvalue weighted by molar-refractivity contribution is -0.216. The van der Waals surface area contributed by atoms with Crippen LogP contribution in [0, 0.1) is 50.7 Å². The SMILES string of the molecule is C=C(C)[C@@H]1CC[C@]2(C(=O)OC)CC[C@]34C(=O)O[C@]12[C@H]3CC[C@@H]1[C@@]2(C)C=C[C@](C)(COC(C)=O)[C@@H]2CC[C@]14C. The summed E-state index contributed by atoms with van der Waals surface area (Å²) >= 11 is 0. The minimum absolute atomic E-state index is 0.0150. The van der Waals surface area contributed by atoms with Crippen LogP contribution < -0.4 is 0 Å². The lowest BCUT2D eigenvalue weighted by Crippen LogP contribution is -2.68. The van der Waals surface area contributed by atoms with Gasteiger partial charge in [0.1, 0.15) is 17.6 Å². The second-order valence-corrected chi connectivity index (χ2v) is 14.3. The first-order valence-electron chi connectivity index (χ1n) is 14.6. The Kier molecular flexibility index (Phi) is 5.33. The fourth-order valence-corrected chi connectivity index (χ4v) is 11.8. The van der Waals surface area contributed by atoms with Gasteiger partial charge < -0.3 is 14.2 Å². The fraction of sp³-hybridized carbons (Fsp3) is 0.781. The molecule has 1 spiro atoms. The Morgan fingerprint density at radius 2 is 1.68 bits per heavy atom. The van der Waals surface area contributed by atoms with Crippen LogP contribution in [0.5, 0.6) is 0 Å². The Balaban J connectivity index is 1.45. The number of ether oxygens (including phenoxy) is 3. The molecule has 38 heavy (non-hydrogen) atoms. The smallest absolute Gasteiger partial charge is 0.315 e. The van der Waals surface area contributed by atoms with E-state index in [0.29, 0.717) is 37.7 Å². The third-order valence-corrected chi connectivity index (χ3v) is 13.2. The van der Waals surface area contributed by atoms with Crippen molar-refractivity contribution >= 4 is 17.9 Å². The van der Waals surface area contributed by atoms with Gasteiger partial charge in [0.15, 0.2) is 0 Å². The summed E-state index contributed by atoms with van der Waals surface area (Å²) in [5.74, 6) is 0.0690. The molecule has 0 amide bonds.